The highest BCUT2D eigenvalue weighted by Crippen LogP contribution is 2.35. The van der Waals surface area contributed by atoms with E-state index in [2.05, 4.69) is 9.88 Å². The minimum Gasteiger partial charge on any atom is -0.373 e. The number of halogens is 3. The first-order valence-electron chi connectivity index (χ1n) is 8.93. The number of ether oxygens (including phenoxy) is 1. The maximum absolute atomic E-state index is 13.0. The highest BCUT2D eigenvalue weighted by atomic mass is 32.1. The molecule has 1 aliphatic heterocycles. The molecule has 0 radical (unpaired) electrons. The van der Waals surface area contributed by atoms with Crippen LogP contribution in [0, 0.1) is 0 Å². The van der Waals surface area contributed by atoms with Crippen LogP contribution >= 0.6 is 11.3 Å². The molecule has 2 atom stereocenters. The van der Waals surface area contributed by atoms with Gasteiger partial charge in [0.2, 0.25) is 5.91 Å². The monoisotopic (exact) mass is 413 g/mol. The average molecular weight is 413 g/mol. The van der Waals surface area contributed by atoms with Crippen LogP contribution in [-0.4, -0.2) is 41.1 Å². The number of alkyl halides is 3. The van der Waals surface area contributed by atoms with Gasteiger partial charge in [-0.25, -0.2) is 4.98 Å². The molecule has 0 bridgehead atoms. The number of benzene rings is 1. The Morgan fingerprint density at radius 1 is 1.32 bits per heavy atom. The summed E-state index contributed by atoms with van der Waals surface area (Å²) in [6.45, 7) is 7.50. The molecule has 1 aromatic carbocycles. The number of carbonyl (C=O) groups is 1. The van der Waals surface area contributed by atoms with E-state index >= 15 is 0 Å². The smallest absolute Gasteiger partial charge is 0.373 e. The number of hydrogen-bond acceptors (Lipinski definition) is 5. The number of amides is 1. The van der Waals surface area contributed by atoms with Crippen molar-refractivity contribution < 1.29 is 22.7 Å². The summed E-state index contributed by atoms with van der Waals surface area (Å²) in [5, 5.41) is 2.19. The molecular weight excluding hydrogens is 391 g/mol. The summed E-state index contributed by atoms with van der Waals surface area (Å²) in [4.78, 5) is 20.1. The highest BCUT2D eigenvalue weighted by Gasteiger charge is 2.31. The number of carbonyl (C=O) groups excluding carboxylic acids is 1. The molecule has 9 heteroatoms. The summed E-state index contributed by atoms with van der Waals surface area (Å²) in [6, 6.07) is 4.71. The van der Waals surface area contributed by atoms with Gasteiger partial charge < -0.3 is 4.74 Å². The van der Waals surface area contributed by atoms with Crippen molar-refractivity contribution in [1.82, 2.24) is 9.88 Å². The molecule has 1 aliphatic rings. The fourth-order valence-electron chi connectivity index (χ4n) is 3.36. The van der Waals surface area contributed by atoms with Crippen LogP contribution in [0.1, 0.15) is 32.0 Å². The third-order valence-corrected chi connectivity index (χ3v) is 5.23. The van der Waals surface area contributed by atoms with Crippen LogP contribution in [0.15, 0.2) is 29.6 Å². The minimum atomic E-state index is -4.48. The van der Waals surface area contributed by atoms with Gasteiger partial charge in [-0.3, -0.25) is 14.6 Å². The van der Waals surface area contributed by atoms with Crippen LogP contribution in [0.3, 0.4) is 0 Å². The predicted molar refractivity (Wildman–Crippen MR) is 102 cm³/mol. The summed E-state index contributed by atoms with van der Waals surface area (Å²) >= 11 is 1.24. The van der Waals surface area contributed by atoms with Crippen LogP contribution in [0.25, 0.3) is 0 Å². The first-order valence-corrected chi connectivity index (χ1v) is 9.81. The van der Waals surface area contributed by atoms with Gasteiger partial charge in [0.25, 0.3) is 0 Å². The summed E-state index contributed by atoms with van der Waals surface area (Å²) in [6.07, 6.45) is -4.22. The van der Waals surface area contributed by atoms with Crippen LogP contribution in [-0.2, 0) is 22.3 Å². The first-order chi connectivity index (χ1) is 13.1. The summed E-state index contributed by atoms with van der Waals surface area (Å²) in [7, 11) is 0. The zero-order valence-corrected chi connectivity index (χ0v) is 16.7. The average Bonchev–Trinajstić information content (AvgIpc) is 3.01. The molecule has 0 unspecified atom stereocenters. The molecule has 0 spiro atoms. The van der Waals surface area contributed by atoms with E-state index in [9.17, 15) is 18.0 Å². The fourth-order valence-corrected chi connectivity index (χ4v) is 4.24. The van der Waals surface area contributed by atoms with Crippen molar-refractivity contribution in [1.29, 1.82) is 0 Å². The van der Waals surface area contributed by atoms with Crippen molar-refractivity contribution in [3.63, 3.8) is 0 Å². The van der Waals surface area contributed by atoms with E-state index in [0.29, 0.717) is 11.7 Å². The third kappa shape index (κ3) is 4.89. The van der Waals surface area contributed by atoms with Gasteiger partial charge in [0, 0.05) is 31.9 Å². The lowest BCUT2D eigenvalue weighted by molar-refractivity contribution is -0.137. The number of anilines is 2. The molecule has 1 aromatic heterocycles. The maximum atomic E-state index is 13.0. The quantitative estimate of drug-likeness (QED) is 0.743. The van der Waals surface area contributed by atoms with E-state index in [-0.39, 0.29) is 17.9 Å². The zero-order chi connectivity index (χ0) is 20.5. The molecule has 0 N–H and O–H groups in total. The zero-order valence-electron chi connectivity index (χ0n) is 15.9. The van der Waals surface area contributed by atoms with Crippen molar-refractivity contribution in [2.75, 3.05) is 18.0 Å². The topological polar surface area (TPSA) is 45.7 Å². The molecule has 28 heavy (non-hydrogen) atoms. The van der Waals surface area contributed by atoms with Gasteiger partial charge in [-0.2, -0.15) is 13.2 Å². The second-order valence-electron chi connectivity index (χ2n) is 6.98. The summed E-state index contributed by atoms with van der Waals surface area (Å²) < 4.78 is 44.8. The van der Waals surface area contributed by atoms with Gasteiger partial charge in [-0.05, 0) is 32.0 Å². The highest BCUT2D eigenvalue weighted by molar-refractivity contribution is 7.14. The van der Waals surface area contributed by atoms with Crippen molar-refractivity contribution in [3.05, 3.63) is 40.9 Å². The molecule has 2 aromatic rings. The molecule has 2 heterocycles. The molecule has 0 aliphatic carbocycles. The third-order valence-electron chi connectivity index (χ3n) is 4.36. The Kier molecular flexibility index (Phi) is 6.07. The fraction of sp³-hybridized carbons (Fsp3) is 0.474. The molecule has 1 amide bonds. The number of nitrogens with zero attached hydrogens (tertiary/aromatic N) is 3. The van der Waals surface area contributed by atoms with Crippen LogP contribution < -0.4 is 4.90 Å². The van der Waals surface area contributed by atoms with Crippen molar-refractivity contribution in [2.24, 2.45) is 0 Å². The second kappa shape index (κ2) is 8.18. The molecule has 152 valence electrons. The van der Waals surface area contributed by atoms with Gasteiger partial charge in [0.1, 0.15) is 0 Å². The van der Waals surface area contributed by atoms with Crippen LogP contribution in [0.2, 0.25) is 0 Å². The number of rotatable bonds is 4. The van der Waals surface area contributed by atoms with E-state index < -0.39 is 17.6 Å². The Labute approximate surface area is 165 Å². The SMILES string of the molecule is CC(=O)N(c1cccc(C(F)(F)F)c1)c1nc(CN2C[C@@H](C)O[C@@H](C)C2)cs1. The molecule has 0 saturated carbocycles. The standard InChI is InChI=1S/C19H22F3N3O2S/c1-12-8-24(9-13(2)27-12)10-16-11-28-18(23-16)25(14(3)26)17-6-4-5-15(7-17)19(20,21)22/h4-7,11-13H,8-10H2,1-3H3/t12-,13+. The Bertz CT molecular complexity index is 830. The molecular formula is C19H22F3N3O2S. The van der Waals surface area contributed by atoms with Crippen LogP contribution in [0.4, 0.5) is 24.0 Å². The van der Waals surface area contributed by atoms with E-state index in [1.165, 1.54) is 35.3 Å². The minimum absolute atomic E-state index is 0.126. The van der Waals surface area contributed by atoms with Gasteiger partial charge in [0.15, 0.2) is 5.13 Å². The lowest BCUT2D eigenvalue weighted by Crippen LogP contribution is -2.44. The molecule has 3 rings (SSSR count). The van der Waals surface area contributed by atoms with E-state index in [4.69, 9.17) is 4.74 Å². The van der Waals surface area contributed by atoms with Crippen molar-refractivity contribution in [2.45, 2.75) is 45.7 Å². The van der Waals surface area contributed by atoms with Crippen molar-refractivity contribution in [3.8, 4) is 0 Å². The molecule has 5 nitrogen and oxygen atoms in total. The lowest BCUT2D eigenvalue weighted by atomic mass is 10.2. The Morgan fingerprint density at radius 2 is 2.00 bits per heavy atom. The number of hydrogen-bond donors (Lipinski definition) is 0. The van der Waals surface area contributed by atoms with Gasteiger partial charge >= 0.3 is 6.18 Å². The van der Waals surface area contributed by atoms with Gasteiger partial charge in [0.05, 0.1) is 29.2 Å². The normalized spacial score (nSPS) is 20.9. The van der Waals surface area contributed by atoms with Crippen molar-refractivity contribution >= 4 is 28.1 Å². The van der Waals surface area contributed by atoms with E-state index in [0.717, 1.165) is 30.9 Å². The van der Waals surface area contributed by atoms with E-state index in [1.54, 1.807) is 0 Å². The van der Waals surface area contributed by atoms with Gasteiger partial charge in [-0.1, -0.05) is 6.07 Å². The van der Waals surface area contributed by atoms with E-state index in [1.807, 2.05) is 19.2 Å². The molecule has 1 fully saturated rings. The Balaban J connectivity index is 1.82. The summed E-state index contributed by atoms with van der Waals surface area (Å²) in [5.41, 5.74) is 0.126. The van der Waals surface area contributed by atoms with Crippen LogP contribution in [0.5, 0.6) is 0 Å². The Morgan fingerprint density at radius 3 is 2.61 bits per heavy atom. The van der Waals surface area contributed by atoms with Gasteiger partial charge in [-0.15, -0.1) is 11.3 Å². The Hall–Kier alpha value is -1.97. The lowest BCUT2D eigenvalue weighted by Gasteiger charge is -2.34. The largest absolute Gasteiger partial charge is 0.416 e. The summed E-state index contributed by atoms with van der Waals surface area (Å²) in [5.74, 6) is -0.395. The maximum Gasteiger partial charge on any atom is 0.416 e. The number of aromatic nitrogens is 1. The first kappa shape index (κ1) is 20.8. The predicted octanol–water partition coefficient (Wildman–Crippen LogP) is 4.46. The number of morpholine rings is 1. The number of thiazole rings is 1. The molecule has 1 saturated heterocycles. The second-order valence-corrected chi connectivity index (χ2v) is 7.81.